The van der Waals surface area contributed by atoms with Crippen molar-refractivity contribution in [1.82, 2.24) is 10.3 Å². The van der Waals surface area contributed by atoms with E-state index in [0.717, 1.165) is 11.6 Å². The van der Waals surface area contributed by atoms with Gasteiger partial charge in [0.2, 0.25) is 0 Å². The first-order valence-corrected chi connectivity index (χ1v) is 5.39. The van der Waals surface area contributed by atoms with Crippen LogP contribution in [0, 0.1) is 6.92 Å². The van der Waals surface area contributed by atoms with Gasteiger partial charge in [0.25, 0.3) is 0 Å². The fraction of sp³-hybridized carbons (Fsp3) is 0.583. The molecule has 0 aromatic carbocycles. The van der Waals surface area contributed by atoms with E-state index < -0.39 is 0 Å². The van der Waals surface area contributed by atoms with Crippen LogP contribution in [0.4, 0.5) is 0 Å². The summed E-state index contributed by atoms with van der Waals surface area (Å²) >= 11 is 0. The Hall–Kier alpha value is -0.890. The molecule has 2 heteroatoms. The van der Waals surface area contributed by atoms with Crippen molar-refractivity contribution in [1.29, 1.82) is 0 Å². The Kier molecular flexibility index (Phi) is 2.82. The smallest absolute Gasteiger partial charge is 0.0372 e. The van der Waals surface area contributed by atoms with Crippen LogP contribution in [0.1, 0.15) is 36.4 Å². The fourth-order valence-corrected chi connectivity index (χ4v) is 2.27. The summed E-state index contributed by atoms with van der Waals surface area (Å²) in [6, 6.07) is 5.05. The molecule has 2 nitrogen and oxygen atoms in total. The minimum Gasteiger partial charge on any atom is -0.317 e. The van der Waals surface area contributed by atoms with Gasteiger partial charge in [-0.1, -0.05) is 6.07 Å². The summed E-state index contributed by atoms with van der Waals surface area (Å²) in [5, 5.41) is 3.35. The topological polar surface area (TPSA) is 24.9 Å². The third kappa shape index (κ3) is 1.95. The molecule has 1 aromatic rings. The molecule has 1 N–H and O–H groups in total. The molecule has 1 fully saturated rings. The number of hydrogen-bond acceptors (Lipinski definition) is 2. The first-order chi connectivity index (χ1) is 6.79. The maximum atomic E-state index is 4.35. The molecule has 1 aliphatic rings. The van der Waals surface area contributed by atoms with Gasteiger partial charge < -0.3 is 5.32 Å². The van der Waals surface area contributed by atoms with E-state index in [-0.39, 0.29) is 0 Å². The van der Waals surface area contributed by atoms with Crippen LogP contribution >= 0.6 is 0 Å². The van der Waals surface area contributed by atoms with Crippen molar-refractivity contribution in [3.05, 3.63) is 29.6 Å². The van der Waals surface area contributed by atoms with Crippen LogP contribution < -0.4 is 5.32 Å². The van der Waals surface area contributed by atoms with Gasteiger partial charge in [-0.3, -0.25) is 4.98 Å². The molecule has 0 aliphatic heterocycles. The fourth-order valence-electron chi connectivity index (χ4n) is 2.27. The molecule has 0 radical (unpaired) electrons. The molecule has 1 aliphatic carbocycles. The van der Waals surface area contributed by atoms with Crippen LogP contribution in [-0.4, -0.2) is 18.1 Å². The van der Waals surface area contributed by atoms with Gasteiger partial charge in [-0.15, -0.1) is 0 Å². The predicted octanol–water partition coefficient (Wildman–Crippen LogP) is 2.25. The zero-order chi connectivity index (χ0) is 9.97. The van der Waals surface area contributed by atoms with Gasteiger partial charge in [-0.25, -0.2) is 0 Å². The lowest BCUT2D eigenvalue weighted by Gasteiger charge is -2.10. The number of nitrogens with one attached hydrogen (secondary N) is 1. The second-order valence-corrected chi connectivity index (χ2v) is 4.23. The molecule has 0 amide bonds. The third-order valence-corrected chi connectivity index (χ3v) is 3.25. The van der Waals surface area contributed by atoms with Crippen molar-refractivity contribution in [2.75, 3.05) is 7.05 Å². The maximum Gasteiger partial charge on any atom is 0.0372 e. The molecule has 0 bridgehead atoms. The quantitative estimate of drug-likeness (QED) is 0.773. The second-order valence-electron chi connectivity index (χ2n) is 4.23. The Morgan fingerprint density at radius 3 is 2.79 bits per heavy atom. The van der Waals surface area contributed by atoms with E-state index in [1.54, 1.807) is 0 Å². The highest BCUT2D eigenvalue weighted by Gasteiger charge is 2.24. The molecular formula is C12H18N2. The zero-order valence-corrected chi connectivity index (χ0v) is 8.96. The number of aryl methyl sites for hydroxylation is 1. The van der Waals surface area contributed by atoms with E-state index in [9.17, 15) is 0 Å². The van der Waals surface area contributed by atoms with Gasteiger partial charge in [-0.2, -0.15) is 0 Å². The lowest BCUT2D eigenvalue weighted by Crippen LogP contribution is -2.21. The molecule has 1 aromatic heterocycles. The van der Waals surface area contributed by atoms with Crippen LogP contribution in [0.2, 0.25) is 0 Å². The summed E-state index contributed by atoms with van der Waals surface area (Å²) in [4.78, 5) is 4.35. The molecule has 0 spiro atoms. The molecular weight excluding hydrogens is 172 g/mol. The number of pyridine rings is 1. The van der Waals surface area contributed by atoms with Gasteiger partial charge in [0.1, 0.15) is 0 Å². The van der Waals surface area contributed by atoms with Crippen LogP contribution in [0.3, 0.4) is 0 Å². The van der Waals surface area contributed by atoms with E-state index in [4.69, 9.17) is 0 Å². The average Bonchev–Trinajstić information content (AvgIpc) is 2.67. The molecule has 1 saturated carbocycles. The maximum absolute atomic E-state index is 4.35. The Morgan fingerprint density at radius 2 is 2.21 bits per heavy atom. The minimum absolute atomic E-state index is 0.710. The van der Waals surface area contributed by atoms with Crippen LogP contribution in [0.5, 0.6) is 0 Å². The van der Waals surface area contributed by atoms with Crippen molar-refractivity contribution in [2.24, 2.45) is 0 Å². The minimum atomic E-state index is 0.710. The Balaban J connectivity index is 2.06. The van der Waals surface area contributed by atoms with Crippen LogP contribution in [0.25, 0.3) is 0 Å². The number of hydrogen-bond donors (Lipinski definition) is 1. The number of aromatic nitrogens is 1. The molecule has 14 heavy (non-hydrogen) atoms. The molecule has 0 saturated heterocycles. The molecule has 2 atom stereocenters. The van der Waals surface area contributed by atoms with Gasteiger partial charge in [0.05, 0.1) is 0 Å². The monoisotopic (exact) mass is 190 g/mol. The van der Waals surface area contributed by atoms with Gasteiger partial charge in [-0.05, 0) is 50.8 Å². The van der Waals surface area contributed by atoms with Crippen molar-refractivity contribution in [2.45, 2.75) is 38.1 Å². The lowest BCUT2D eigenvalue weighted by molar-refractivity contribution is 0.571. The summed E-state index contributed by atoms with van der Waals surface area (Å²) in [5.74, 6) is 0.723. The number of rotatable bonds is 2. The second kappa shape index (κ2) is 4.09. The van der Waals surface area contributed by atoms with Crippen molar-refractivity contribution in [3.63, 3.8) is 0 Å². The first kappa shape index (κ1) is 9.66. The third-order valence-electron chi connectivity index (χ3n) is 3.25. The SMILES string of the molecule is CNC1CCC(c2ccc(C)nc2)C1. The van der Waals surface area contributed by atoms with E-state index in [0.29, 0.717) is 6.04 Å². The van der Waals surface area contributed by atoms with Gasteiger partial charge in [0, 0.05) is 17.9 Å². The zero-order valence-electron chi connectivity index (χ0n) is 8.96. The van der Waals surface area contributed by atoms with Gasteiger partial charge >= 0.3 is 0 Å². The summed E-state index contributed by atoms with van der Waals surface area (Å²) in [5.41, 5.74) is 2.52. The van der Waals surface area contributed by atoms with Crippen LogP contribution in [-0.2, 0) is 0 Å². The van der Waals surface area contributed by atoms with Crippen molar-refractivity contribution >= 4 is 0 Å². The number of nitrogens with zero attached hydrogens (tertiary/aromatic N) is 1. The Labute approximate surface area is 85.7 Å². The van der Waals surface area contributed by atoms with Crippen molar-refractivity contribution in [3.8, 4) is 0 Å². The van der Waals surface area contributed by atoms with E-state index in [1.165, 1.54) is 24.8 Å². The van der Waals surface area contributed by atoms with Gasteiger partial charge in [0.15, 0.2) is 0 Å². The molecule has 1 heterocycles. The van der Waals surface area contributed by atoms with E-state index >= 15 is 0 Å². The molecule has 2 rings (SSSR count). The lowest BCUT2D eigenvalue weighted by atomic mass is 9.99. The summed E-state index contributed by atoms with van der Waals surface area (Å²) in [6.07, 6.45) is 5.91. The highest BCUT2D eigenvalue weighted by molar-refractivity contribution is 5.19. The first-order valence-electron chi connectivity index (χ1n) is 5.39. The van der Waals surface area contributed by atoms with E-state index in [1.807, 2.05) is 13.1 Å². The highest BCUT2D eigenvalue weighted by Crippen LogP contribution is 2.33. The average molecular weight is 190 g/mol. The standard InChI is InChI=1S/C12H18N2/c1-9-3-4-11(8-14-9)10-5-6-12(7-10)13-2/h3-4,8,10,12-13H,5-7H2,1-2H3. The predicted molar refractivity (Wildman–Crippen MR) is 58.4 cm³/mol. The molecule has 76 valence electrons. The highest BCUT2D eigenvalue weighted by atomic mass is 14.9. The Morgan fingerprint density at radius 1 is 1.36 bits per heavy atom. The van der Waals surface area contributed by atoms with Crippen LogP contribution in [0.15, 0.2) is 18.3 Å². The van der Waals surface area contributed by atoms with Crippen molar-refractivity contribution < 1.29 is 0 Å². The summed E-state index contributed by atoms with van der Waals surface area (Å²) in [7, 11) is 2.06. The largest absolute Gasteiger partial charge is 0.317 e. The molecule has 2 unspecified atom stereocenters. The normalized spacial score (nSPS) is 26.7. The van der Waals surface area contributed by atoms with E-state index in [2.05, 4.69) is 29.5 Å². The summed E-state index contributed by atoms with van der Waals surface area (Å²) in [6.45, 7) is 2.04. The summed E-state index contributed by atoms with van der Waals surface area (Å²) < 4.78 is 0. The Bertz CT molecular complexity index is 292.